The van der Waals surface area contributed by atoms with Crippen LogP contribution in [0.3, 0.4) is 0 Å². The monoisotopic (exact) mass is 286 g/mol. The number of hydroxylamine groups is 2. The topological polar surface area (TPSA) is 102 Å². The summed E-state index contributed by atoms with van der Waals surface area (Å²) in [6, 6.07) is 0. The Kier molecular flexibility index (Phi) is 6.65. The van der Waals surface area contributed by atoms with E-state index in [9.17, 15) is 19.2 Å². The highest BCUT2D eigenvalue weighted by Gasteiger charge is 2.32. The predicted octanol–water partition coefficient (Wildman–Crippen LogP) is -0.474. The zero-order valence-electron chi connectivity index (χ0n) is 11.3. The molecule has 112 valence electrons. The second kappa shape index (κ2) is 8.26. The number of nitrogens with one attached hydrogen (secondary N) is 1. The number of carbonyl (C=O) groups is 4. The molecule has 1 saturated heterocycles. The smallest absolute Gasteiger partial charge is 0.333 e. The van der Waals surface area contributed by atoms with Gasteiger partial charge in [0.15, 0.2) is 0 Å². The molecule has 8 heteroatoms. The molecule has 1 aliphatic rings. The molecule has 1 aliphatic heterocycles. The van der Waals surface area contributed by atoms with E-state index in [1.165, 1.54) is 0 Å². The fourth-order valence-corrected chi connectivity index (χ4v) is 1.52. The lowest BCUT2D eigenvalue weighted by Crippen LogP contribution is -2.33. The van der Waals surface area contributed by atoms with Gasteiger partial charge in [0.05, 0.1) is 13.0 Å². The summed E-state index contributed by atoms with van der Waals surface area (Å²) in [5, 5.41) is 3.03. The fraction of sp³-hybridized carbons (Fsp3) is 0.667. The molecule has 0 radical (unpaired) electrons. The second-order valence-electron chi connectivity index (χ2n) is 4.09. The quantitative estimate of drug-likeness (QED) is 0.478. The van der Waals surface area contributed by atoms with E-state index in [-0.39, 0.29) is 31.6 Å². The minimum atomic E-state index is -0.784. The maximum atomic E-state index is 11.4. The van der Waals surface area contributed by atoms with Gasteiger partial charge in [-0.3, -0.25) is 14.4 Å². The highest BCUT2D eigenvalue weighted by Crippen LogP contribution is 2.12. The first-order valence-electron chi connectivity index (χ1n) is 6.45. The Morgan fingerprint density at radius 3 is 2.45 bits per heavy atom. The summed E-state index contributed by atoms with van der Waals surface area (Å²) in [4.78, 5) is 49.8. The number of carbonyl (C=O) groups excluding carboxylic acids is 4. The summed E-state index contributed by atoms with van der Waals surface area (Å²) in [5.41, 5.74) is 0. The maximum Gasteiger partial charge on any atom is 0.333 e. The average molecular weight is 286 g/mol. The van der Waals surface area contributed by atoms with Gasteiger partial charge in [-0.05, 0) is 6.92 Å². The van der Waals surface area contributed by atoms with Crippen LogP contribution in [0.5, 0.6) is 0 Å². The van der Waals surface area contributed by atoms with Crippen LogP contribution in [0, 0.1) is 0 Å². The Labute approximate surface area is 116 Å². The first-order chi connectivity index (χ1) is 9.54. The van der Waals surface area contributed by atoms with Crippen molar-refractivity contribution >= 4 is 23.7 Å². The van der Waals surface area contributed by atoms with Crippen LogP contribution in [0.1, 0.15) is 32.6 Å². The van der Waals surface area contributed by atoms with Gasteiger partial charge in [-0.2, -0.15) is 0 Å². The lowest BCUT2D eigenvalue weighted by Gasteiger charge is -2.12. The minimum Gasteiger partial charge on any atom is -0.380 e. The van der Waals surface area contributed by atoms with Gasteiger partial charge in [-0.25, -0.2) is 4.79 Å². The molecular formula is C12H18N2O6. The normalized spacial score (nSPS) is 14.6. The molecule has 1 N–H and O–H groups in total. The van der Waals surface area contributed by atoms with Crippen LogP contribution in [0.25, 0.3) is 0 Å². The Balaban J connectivity index is 2.18. The van der Waals surface area contributed by atoms with E-state index in [0.717, 1.165) is 0 Å². The van der Waals surface area contributed by atoms with Gasteiger partial charge in [0.25, 0.3) is 11.8 Å². The van der Waals surface area contributed by atoms with Crippen molar-refractivity contribution in [2.75, 3.05) is 19.8 Å². The molecule has 1 heterocycles. The van der Waals surface area contributed by atoms with Gasteiger partial charge in [0, 0.05) is 32.4 Å². The molecule has 0 spiro atoms. The molecule has 0 aromatic carbocycles. The number of hydrogen-bond acceptors (Lipinski definition) is 6. The molecule has 20 heavy (non-hydrogen) atoms. The number of nitrogens with zero attached hydrogens (tertiary/aromatic N) is 1. The summed E-state index contributed by atoms with van der Waals surface area (Å²) < 4.78 is 5.03. The van der Waals surface area contributed by atoms with E-state index in [0.29, 0.717) is 24.8 Å². The number of amides is 3. The van der Waals surface area contributed by atoms with Crippen molar-refractivity contribution < 1.29 is 28.8 Å². The van der Waals surface area contributed by atoms with E-state index in [1.54, 1.807) is 0 Å². The van der Waals surface area contributed by atoms with E-state index >= 15 is 0 Å². The fourth-order valence-electron chi connectivity index (χ4n) is 1.52. The SMILES string of the molecule is CCOCCNC(=O)CCC(=O)ON1C(=O)CCC1=O. The third-order valence-electron chi connectivity index (χ3n) is 2.53. The van der Waals surface area contributed by atoms with Gasteiger partial charge >= 0.3 is 5.97 Å². The summed E-state index contributed by atoms with van der Waals surface area (Å²) in [5.74, 6) is -2.18. The third-order valence-corrected chi connectivity index (χ3v) is 2.53. The van der Waals surface area contributed by atoms with E-state index in [1.807, 2.05) is 6.92 Å². The molecule has 8 nitrogen and oxygen atoms in total. The van der Waals surface area contributed by atoms with Crippen LogP contribution in [0.15, 0.2) is 0 Å². The molecule has 3 amide bonds. The van der Waals surface area contributed by atoms with E-state index in [4.69, 9.17) is 4.74 Å². The Hall–Kier alpha value is -1.96. The standard InChI is InChI=1S/C12H18N2O6/c1-2-19-8-7-13-9(15)3-6-12(18)20-14-10(16)4-5-11(14)17/h2-8H2,1H3,(H,13,15). The second-order valence-corrected chi connectivity index (χ2v) is 4.09. The highest BCUT2D eigenvalue weighted by molar-refractivity contribution is 6.01. The van der Waals surface area contributed by atoms with Crippen LogP contribution in [-0.2, 0) is 28.8 Å². The molecule has 0 unspecified atom stereocenters. The largest absolute Gasteiger partial charge is 0.380 e. The van der Waals surface area contributed by atoms with Crippen LogP contribution in [0.4, 0.5) is 0 Å². The Morgan fingerprint density at radius 1 is 1.20 bits per heavy atom. The first kappa shape index (κ1) is 16.1. The number of hydrogen-bond donors (Lipinski definition) is 1. The van der Waals surface area contributed by atoms with Crippen LogP contribution in [0.2, 0.25) is 0 Å². The summed E-state index contributed by atoms with van der Waals surface area (Å²) >= 11 is 0. The van der Waals surface area contributed by atoms with Crippen molar-refractivity contribution in [3.63, 3.8) is 0 Å². The van der Waals surface area contributed by atoms with E-state index < -0.39 is 17.8 Å². The number of rotatable bonds is 8. The van der Waals surface area contributed by atoms with E-state index in [2.05, 4.69) is 10.2 Å². The Morgan fingerprint density at radius 2 is 1.85 bits per heavy atom. The van der Waals surface area contributed by atoms with Crippen molar-refractivity contribution in [1.29, 1.82) is 0 Å². The van der Waals surface area contributed by atoms with Gasteiger partial charge in [-0.1, -0.05) is 0 Å². The predicted molar refractivity (Wildman–Crippen MR) is 65.9 cm³/mol. The van der Waals surface area contributed by atoms with Gasteiger partial charge in [0.1, 0.15) is 0 Å². The lowest BCUT2D eigenvalue weighted by molar-refractivity contribution is -0.197. The summed E-state index contributed by atoms with van der Waals surface area (Å²) in [7, 11) is 0. The van der Waals surface area contributed by atoms with Crippen molar-refractivity contribution in [2.45, 2.75) is 32.6 Å². The number of ether oxygens (including phenoxy) is 1. The van der Waals surface area contributed by atoms with Gasteiger partial charge in [0.2, 0.25) is 5.91 Å². The van der Waals surface area contributed by atoms with Gasteiger partial charge in [-0.15, -0.1) is 5.06 Å². The molecular weight excluding hydrogens is 268 g/mol. The molecule has 0 aliphatic carbocycles. The zero-order chi connectivity index (χ0) is 15.0. The average Bonchev–Trinajstić information content (AvgIpc) is 2.73. The Bertz CT molecular complexity index is 379. The van der Waals surface area contributed by atoms with Crippen molar-refractivity contribution in [2.24, 2.45) is 0 Å². The molecule has 1 rings (SSSR count). The maximum absolute atomic E-state index is 11.4. The molecule has 0 aromatic rings. The highest BCUT2D eigenvalue weighted by atomic mass is 16.7. The molecule has 0 bridgehead atoms. The molecule has 0 aromatic heterocycles. The minimum absolute atomic E-state index is 0.0457. The summed E-state index contributed by atoms with van der Waals surface area (Å²) in [6.07, 6.45) is -0.174. The molecule has 1 fully saturated rings. The number of imide groups is 1. The third kappa shape index (κ3) is 5.35. The zero-order valence-corrected chi connectivity index (χ0v) is 11.3. The molecule has 0 atom stereocenters. The van der Waals surface area contributed by atoms with Crippen LogP contribution >= 0.6 is 0 Å². The summed E-state index contributed by atoms with van der Waals surface area (Å²) in [6.45, 7) is 3.19. The van der Waals surface area contributed by atoms with Crippen molar-refractivity contribution in [3.05, 3.63) is 0 Å². The van der Waals surface area contributed by atoms with Crippen LogP contribution < -0.4 is 5.32 Å². The first-order valence-corrected chi connectivity index (χ1v) is 6.45. The van der Waals surface area contributed by atoms with Crippen molar-refractivity contribution in [3.8, 4) is 0 Å². The lowest BCUT2D eigenvalue weighted by atomic mass is 10.3. The van der Waals surface area contributed by atoms with Gasteiger partial charge < -0.3 is 14.9 Å². The van der Waals surface area contributed by atoms with Crippen LogP contribution in [-0.4, -0.2) is 48.5 Å². The van der Waals surface area contributed by atoms with Crippen molar-refractivity contribution in [1.82, 2.24) is 10.4 Å². The molecule has 0 saturated carbocycles.